The Morgan fingerprint density at radius 3 is 2.68 bits per heavy atom. The molecule has 0 aromatic carbocycles. The molecular formula is C22H26FN9O9P2S. The van der Waals surface area contributed by atoms with Crippen LogP contribution in [0.1, 0.15) is 24.4 Å². The van der Waals surface area contributed by atoms with Crippen molar-refractivity contribution in [1.82, 2.24) is 34.0 Å². The molecule has 44 heavy (non-hydrogen) atoms. The number of halogens is 1. The predicted octanol–water partition coefficient (Wildman–Crippen LogP) is 0.925. The van der Waals surface area contributed by atoms with Crippen molar-refractivity contribution >= 4 is 61.2 Å². The SMILES string of the molecule is C=C1c2ncn([C@@H]3C[C@@H]4OP(O)(=S)O[C@H]5[C@@H](F)[C@H](n6cnc7c(N)ncnc76)O[C@@H]5COP(=O)(O)O[C@@H]3[C@@H]4O)c2N=CN1C. The number of aliphatic imine (C=N–C) groups is 1. The van der Waals surface area contributed by atoms with Gasteiger partial charge in [-0.2, -0.15) is 0 Å². The van der Waals surface area contributed by atoms with Crippen LogP contribution in [0.5, 0.6) is 0 Å². The molecule has 6 heterocycles. The van der Waals surface area contributed by atoms with Crippen molar-refractivity contribution in [2.45, 2.75) is 55.4 Å². The van der Waals surface area contributed by atoms with Gasteiger partial charge in [0, 0.05) is 13.5 Å². The third-order valence-electron chi connectivity index (χ3n) is 7.86. The maximum absolute atomic E-state index is 16.0. The standard InChI is InChI=1S/C22H26FN9O9P2S/c1-9-14-20(29-6-30(9)2)31(7-27-14)10-3-11-16(33)17(10)40-42(34,35)37-4-12-18(41-43(36,44)39-11)13(23)22(38-12)32-8-28-15-19(24)25-5-26-21(15)32/h5-8,10-13,16-18,22,33H,1,3-4H2,2H3,(H,34,35)(H,36,44)(H2,24,25,26)/t10-,11+,12-,13-,16-,17+,18-,22-,43?/m1/s1. The largest absolute Gasteiger partial charge is 0.472 e. The first kappa shape index (κ1) is 29.9. The third kappa shape index (κ3) is 5.00. The van der Waals surface area contributed by atoms with Crippen molar-refractivity contribution in [2.24, 2.45) is 4.99 Å². The van der Waals surface area contributed by atoms with Crippen molar-refractivity contribution in [3.63, 3.8) is 0 Å². The van der Waals surface area contributed by atoms with E-state index in [1.807, 2.05) is 0 Å². The number of aromatic nitrogens is 6. The minimum absolute atomic E-state index is 0.0537. The molecule has 2 saturated heterocycles. The van der Waals surface area contributed by atoms with Crippen molar-refractivity contribution in [3.05, 3.63) is 31.3 Å². The lowest BCUT2D eigenvalue weighted by Gasteiger charge is -2.30. The number of hydrogen-bond acceptors (Lipinski definition) is 15. The van der Waals surface area contributed by atoms with E-state index in [1.54, 1.807) is 11.9 Å². The summed E-state index contributed by atoms with van der Waals surface area (Å²) < 4.78 is 59.9. The summed E-state index contributed by atoms with van der Waals surface area (Å²) in [5, 5.41) is 11.2. The highest BCUT2D eigenvalue weighted by Crippen LogP contribution is 2.57. The maximum Gasteiger partial charge on any atom is 0.472 e. The fourth-order valence-corrected chi connectivity index (χ4v) is 8.46. The number of phosphoric ester groups is 1. The van der Waals surface area contributed by atoms with Crippen molar-refractivity contribution in [1.29, 1.82) is 0 Å². The Hall–Kier alpha value is -2.74. The molecule has 3 aromatic heterocycles. The van der Waals surface area contributed by atoms with Gasteiger partial charge in [0.15, 0.2) is 29.7 Å². The van der Waals surface area contributed by atoms with Crippen LogP contribution in [0.2, 0.25) is 0 Å². The van der Waals surface area contributed by atoms with E-state index in [2.05, 4.69) is 31.5 Å². The number of nitrogens with zero attached hydrogens (tertiary/aromatic N) is 8. The number of rotatable bonds is 2. The van der Waals surface area contributed by atoms with E-state index in [9.17, 15) is 19.5 Å². The van der Waals surface area contributed by atoms with Gasteiger partial charge in [0.2, 0.25) is 0 Å². The van der Waals surface area contributed by atoms with Gasteiger partial charge in [-0.15, -0.1) is 0 Å². The molecule has 0 spiro atoms. The van der Waals surface area contributed by atoms with Crippen molar-refractivity contribution in [3.8, 4) is 0 Å². The zero-order valence-corrected chi connectivity index (χ0v) is 25.3. The van der Waals surface area contributed by atoms with E-state index in [-0.39, 0.29) is 23.4 Å². The van der Waals surface area contributed by atoms with Gasteiger partial charge in [0.05, 0.1) is 43.4 Å². The van der Waals surface area contributed by atoms with Crippen molar-refractivity contribution in [2.75, 3.05) is 19.4 Å². The van der Waals surface area contributed by atoms with Gasteiger partial charge in [0.1, 0.15) is 42.0 Å². The summed E-state index contributed by atoms with van der Waals surface area (Å²) in [5.74, 6) is 0.406. The Morgan fingerprint density at radius 1 is 1.11 bits per heavy atom. The lowest BCUT2D eigenvalue weighted by molar-refractivity contribution is -0.0622. The molecular weight excluding hydrogens is 647 g/mol. The fourth-order valence-electron chi connectivity index (χ4n) is 5.70. The number of hydrogen-bond donors (Lipinski definition) is 4. The summed E-state index contributed by atoms with van der Waals surface area (Å²) in [6, 6.07) is -0.891. The molecule has 7 rings (SSSR count). The summed E-state index contributed by atoms with van der Waals surface area (Å²) in [5.41, 5.74) is 7.17. The fraction of sp³-hybridized carbons (Fsp3) is 0.500. The number of aliphatic hydroxyl groups is 1. The topological polar surface area (TPSA) is 227 Å². The number of alkyl halides is 1. The van der Waals surface area contributed by atoms with Gasteiger partial charge in [-0.05, 0) is 11.8 Å². The van der Waals surface area contributed by atoms with Crippen LogP contribution in [0.4, 0.5) is 16.0 Å². The van der Waals surface area contributed by atoms with Gasteiger partial charge in [0.25, 0.3) is 0 Å². The molecule has 3 aliphatic heterocycles. The number of fused-ring (bicyclic) bond motifs is 5. The van der Waals surface area contributed by atoms with Crippen LogP contribution in [0.3, 0.4) is 0 Å². The number of nitrogen functional groups attached to an aromatic ring is 1. The minimum atomic E-state index is -4.95. The monoisotopic (exact) mass is 673 g/mol. The smallest absolute Gasteiger partial charge is 0.388 e. The molecule has 0 amide bonds. The Morgan fingerprint density at radius 2 is 1.89 bits per heavy atom. The van der Waals surface area contributed by atoms with E-state index in [0.717, 1.165) is 6.33 Å². The van der Waals surface area contributed by atoms with Crippen LogP contribution in [0.15, 0.2) is 30.6 Å². The van der Waals surface area contributed by atoms with E-state index in [1.165, 1.54) is 28.1 Å². The van der Waals surface area contributed by atoms with Gasteiger partial charge in [-0.25, -0.2) is 33.9 Å². The number of ether oxygens (including phenoxy) is 1. The summed E-state index contributed by atoms with van der Waals surface area (Å²) in [7, 11) is -3.21. The first-order valence-corrected chi connectivity index (χ1v) is 17.2. The second-order valence-corrected chi connectivity index (χ2v) is 14.7. The van der Waals surface area contributed by atoms with Crippen LogP contribution >= 0.6 is 14.5 Å². The number of aliphatic hydroxyl groups excluding tert-OH is 1. The highest BCUT2D eigenvalue weighted by atomic mass is 32.5. The van der Waals surface area contributed by atoms with Crippen LogP contribution in [0.25, 0.3) is 16.9 Å². The van der Waals surface area contributed by atoms with Gasteiger partial charge in [-0.1, -0.05) is 6.58 Å². The zero-order chi connectivity index (χ0) is 31.1. The van der Waals surface area contributed by atoms with Crippen LogP contribution < -0.4 is 5.73 Å². The van der Waals surface area contributed by atoms with Crippen LogP contribution in [-0.2, 0) is 39.2 Å². The molecule has 4 aliphatic rings. The second-order valence-electron chi connectivity index (χ2n) is 10.5. The molecule has 3 aromatic rings. The molecule has 0 radical (unpaired) electrons. The first-order valence-electron chi connectivity index (χ1n) is 13.1. The summed E-state index contributed by atoms with van der Waals surface area (Å²) in [4.78, 5) is 44.3. The Bertz CT molecular complexity index is 1780. The number of imidazole rings is 2. The number of phosphoric acid groups is 1. The molecule has 2 bridgehead atoms. The summed E-state index contributed by atoms with van der Waals surface area (Å²) >= 11 is 5.25. The van der Waals surface area contributed by atoms with E-state index in [4.69, 9.17) is 40.4 Å². The molecule has 22 heteroatoms. The summed E-state index contributed by atoms with van der Waals surface area (Å²) in [6.45, 7) is -1.05. The second kappa shape index (κ2) is 10.7. The van der Waals surface area contributed by atoms with Crippen LogP contribution in [0, 0.1) is 0 Å². The molecule has 10 atom stereocenters. The molecule has 3 fully saturated rings. The lowest BCUT2D eigenvalue weighted by Crippen LogP contribution is -2.37. The van der Waals surface area contributed by atoms with Gasteiger partial charge in [-0.3, -0.25) is 18.1 Å². The highest BCUT2D eigenvalue weighted by Gasteiger charge is 2.55. The molecule has 236 valence electrons. The Labute approximate surface area is 252 Å². The van der Waals surface area contributed by atoms with E-state index < -0.39 is 70.1 Å². The first-order chi connectivity index (χ1) is 20.8. The third-order valence-corrected chi connectivity index (χ3v) is 10.4. The quantitative estimate of drug-likeness (QED) is 0.277. The number of nitrogens with two attached hydrogens (primary N) is 1. The molecule has 1 saturated carbocycles. The predicted molar refractivity (Wildman–Crippen MR) is 152 cm³/mol. The number of anilines is 1. The normalized spacial score (nSPS) is 39.2. The van der Waals surface area contributed by atoms with E-state index in [0.29, 0.717) is 17.2 Å². The highest BCUT2D eigenvalue weighted by molar-refractivity contribution is 8.07. The Kier molecular flexibility index (Phi) is 7.26. The molecule has 2 unspecified atom stereocenters. The van der Waals surface area contributed by atoms with Gasteiger partial charge >= 0.3 is 14.5 Å². The van der Waals surface area contributed by atoms with E-state index >= 15 is 4.39 Å². The van der Waals surface area contributed by atoms with Gasteiger partial charge < -0.3 is 39.4 Å². The Balaban J connectivity index is 1.20. The van der Waals surface area contributed by atoms with Crippen LogP contribution in [-0.4, -0.2) is 106 Å². The minimum Gasteiger partial charge on any atom is -0.388 e. The summed E-state index contributed by atoms with van der Waals surface area (Å²) in [6.07, 6.45) is -5.58. The van der Waals surface area contributed by atoms with Crippen molar-refractivity contribution < 1.29 is 46.7 Å². The average Bonchev–Trinajstić information content (AvgIpc) is 3.72. The molecule has 5 N–H and O–H groups in total. The lowest BCUT2D eigenvalue weighted by atomic mass is 10.1. The molecule has 18 nitrogen and oxygen atoms in total. The average molecular weight is 674 g/mol. The molecule has 1 aliphatic carbocycles. The zero-order valence-electron chi connectivity index (χ0n) is 22.7. The maximum atomic E-state index is 16.0.